The van der Waals surface area contributed by atoms with Crippen molar-refractivity contribution in [3.8, 4) is 11.6 Å². The van der Waals surface area contributed by atoms with Crippen molar-refractivity contribution >= 4 is 11.6 Å². The third-order valence-electron chi connectivity index (χ3n) is 4.58. The van der Waals surface area contributed by atoms with Crippen LogP contribution in [-0.4, -0.2) is 22.7 Å². The molecule has 0 spiro atoms. The Balaban J connectivity index is 1.74. The van der Waals surface area contributed by atoms with Crippen LogP contribution in [-0.2, 0) is 6.18 Å². The highest BCUT2D eigenvalue weighted by Crippen LogP contribution is 2.37. The fourth-order valence-electron chi connectivity index (χ4n) is 3.08. The topological polar surface area (TPSA) is 56.3 Å². The van der Waals surface area contributed by atoms with Crippen molar-refractivity contribution in [2.45, 2.75) is 58.2 Å². The lowest BCUT2D eigenvalue weighted by Gasteiger charge is -2.24. The van der Waals surface area contributed by atoms with Crippen LogP contribution in [0.4, 0.5) is 24.8 Å². The second-order valence-corrected chi connectivity index (χ2v) is 7.64. The van der Waals surface area contributed by atoms with Gasteiger partial charge in [-0.2, -0.15) is 18.2 Å². The molecule has 1 N–H and O–H groups in total. The van der Waals surface area contributed by atoms with Crippen LogP contribution in [0.25, 0.3) is 0 Å². The van der Waals surface area contributed by atoms with E-state index < -0.39 is 17.6 Å². The van der Waals surface area contributed by atoms with E-state index in [2.05, 4.69) is 29.1 Å². The normalized spacial score (nSPS) is 15.4. The second-order valence-electron chi connectivity index (χ2n) is 7.64. The van der Waals surface area contributed by atoms with Crippen molar-refractivity contribution in [3.05, 3.63) is 36.0 Å². The second kappa shape index (κ2) is 9.33. The fraction of sp³-hybridized carbons (Fsp3) is 0.524. The van der Waals surface area contributed by atoms with Gasteiger partial charge in [-0.15, -0.1) is 0 Å². The number of halogens is 3. The van der Waals surface area contributed by atoms with E-state index in [1.807, 2.05) is 0 Å². The van der Waals surface area contributed by atoms with E-state index in [4.69, 9.17) is 9.47 Å². The minimum Gasteiger partial charge on any atom is -0.493 e. The summed E-state index contributed by atoms with van der Waals surface area (Å²) in [5.41, 5.74) is -0.309. The summed E-state index contributed by atoms with van der Waals surface area (Å²) in [6, 6.07) is 7.10. The number of anilines is 2. The summed E-state index contributed by atoms with van der Waals surface area (Å²) in [6.45, 7) is 4.73. The van der Waals surface area contributed by atoms with E-state index in [0.717, 1.165) is 44.1 Å². The molecular weight excluding hydrogens is 383 g/mol. The SMILES string of the molecule is CC(C)COc1ccc(Nc2ncc(C(F)(F)F)c(OC3CCCCC3)n2)cc1. The van der Waals surface area contributed by atoms with Crippen LogP contribution in [0.2, 0.25) is 0 Å². The van der Waals surface area contributed by atoms with Gasteiger partial charge in [-0.3, -0.25) is 0 Å². The van der Waals surface area contributed by atoms with Crippen LogP contribution in [0, 0.1) is 5.92 Å². The Labute approximate surface area is 168 Å². The van der Waals surface area contributed by atoms with Gasteiger partial charge in [-0.05, 0) is 55.9 Å². The van der Waals surface area contributed by atoms with Gasteiger partial charge in [0.2, 0.25) is 11.8 Å². The lowest BCUT2D eigenvalue weighted by atomic mass is 9.98. The number of ether oxygens (including phenoxy) is 2. The molecule has 0 aliphatic heterocycles. The Kier molecular flexibility index (Phi) is 6.82. The molecule has 8 heteroatoms. The Bertz CT molecular complexity index is 789. The molecule has 29 heavy (non-hydrogen) atoms. The molecule has 0 atom stereocenters. The molecule has 0 saturated heterocycles. The van der Waals surface area contributed by atoms with Gasteiger partial charge in [0.05, 0.1) is 6.61 Å². The van der Waals surface area contributed by atoms with Gasteiger partial charge >= 0.3 is 6.18 Å². The van der Waals surface area contributed by atoms with Gasteiger partial charge in [0.15, 0.2) is 0 Å². The van der Waals surface area contributed by atoms with Gasteiger partial charge in [0.1, 0.15) is 17.4 Å². The highest BCUT2D eigenvalue weighted by molar-refractivity contribution is 5.55. The number of nitrogens with one attached hydrogen (secondary N) is 1. The molecule has 1 heterocycles. The molecule has 5 nitrogen and oxygen atoms in total. The maximum atomic E-state index is 13.3. The van der Waals surface area contributed by atoms with Crippen molar-refractivity contribution in [2.24, 2.45) is 5.92 Å². The predicted octanol–water partition coefficient (Wildman–Crippen LogP) is 5.99. The van der Waals surface area contributed by atoms with E-state index in [-0.39, 0.29) is 12.1 Å². The van der Waals surface area contributed by atoms with Crippen LogP contribution in [0.15, 0.2) is 30.5 Å². The van der Waals surface area contributed by atoms with Crippen molar-refractivity contribution < 1.29 is 22.6 Å². The number of hydrogen-bond donors (Lipinski definition) is 1. The van der Waals surface area contributed by atoms with Crippen molar-refractivity contribution in [2.75, 3.05) is 11.9 Å². The zero-order chi connectivity index (χ0) is 20.9. The first kappa shape index (κ1) is 21.2. The summed E-state index contributed by atoms with van der Waals surface area (Å²) >= 11 is 0. The van der Waals surface area contributed by atoms with Gasteiger partial charge in [0.25, 0.3) is 0 Å². The van der Waals surface area contributed by atoms with Crippen molar-refractivity contribution in [1.82, 2.24) is 9.97 Å². The average molecular weight is 409 g/mol. The highest BCUT2D eigenvalue weighted by Gasteiger charge is 2.37. The molecule has 2 aromatic rings. The van der Waals surface area contributed by atoms with E-state index in [1.165, 1.54) is 0 Å². The molecule has 1 fully saturated rings. The van der Waals surface area contributed by atoms with E-state index in [1.54, 1.807) is 24.3 Å². The first-order valence-electron chi connectivity index (χ1n) is 9.92. The van der Waals surface area contributed by atoms with Gasteiger partial charge < -0.3 is 14.8 Å². The molecule has 1 aromatic heterocycles. The molecule has 0 unspecified atom stereocenters. The molecule has 158 valence electrons. The van der Waals surface area contributed by atoms with Gasteiger partial charge in [-0.25, -0.2) is 4.98 Å². The molecule has 0 radical (unpaired) electrons. The fourth-order valence-corrected chi connectivity index (χ4v) is 3.08. The standard InChI is InChI=1S/C21H26F3N3O2/c1-14(2)13-28-16-10-8-15(9-11-16)26-20-25-12-18(21(22,23)24)19(27-20)29-17-6-4-3-5-7-17/h8-12,14,17H,3-7,13H2,1-2H3,(H,25,26,27). The quantitative estimate of drug-likeness (QED) is 0.609. The summed E-state index contributed by atoms with van der Waals surface area (Å²) in [5.74, 6) is 0.772. The minimum absolute atomic E-state index is 0.0552. The number of hydrogen-bond acceptors (Lipinski definition) is 5. The highest BCUT2D eigenvalue weighted by atomic mass is 19.4. The zero-order valence-corrected chi connectivity index (χ0v) is 16.6. The molecule has 1 aromatic carbocycles. The Morgan fingerprint density at radius 2 is 1.79 bits per heavy atom. The number of rotatable bonds is 7. The first-order valence-corrected chi connectivity index (χ1v) is 9.92. The summed E-state index contributed by atoms with van der Waals surface area (Å²) < 4.78 is 51.3. The van der Waals surface area contributed by atoms with Crippen LogP contribution >= 0.6 is 0 Å². The largest absolute Gasteiger partial charge is 0.493 e. The van der Waals surface area contributed by atoms with Crippen LogP contribution in [0.1, 0.15) is 51.5 Å². The van der Waals surface area contributed by atoms with Gasteiger partial charge in [-0.1, -0.05) is 20.3 Å². The number of nitrogens with zero attached hydrogens (tertiary/aromatic N) is 2. The van der Waals surface area contributed by atoms with Crippen LogP contribution in [0.5, 0.6) is 11.6 Å². The molecule has 1 aliphatic carbocycles. The third-order valence-corrected chi connectivity index (χ3v) is 4.58. The minimum atomic E-state index is -4.57. The van der Waals surface area contributed by atoms with Crippen LogP contribution < -0.4 is 14.8 Å². The number of benzene rings is 1. The number of aromatic nitrogens is 2. The Morgan fingerprint density at radius 3 is 2.41 bits per heavy atom. The van der Waals surface area contributed by atoms with Crippen molar-refractivity contribution in [1.29, 1.82) is 0 Å². The summed E-state index contributed by atoms with van der Waals surface area (Å²) in [7, 11) is 0. The summed E-state index contributed by atoms with van der Waals surface area (Å²) in [4.78, 5) is 7.84. The van der Waals surface area contributed by atoms with E-state index in [0.29, 0.717) is 18.2 Å². The lowest BCUT2D eigenvalue weighted by Crippen LogP contribution is -2.22. The first-order chi connectivity index (χ1) is 13.8. The van der Waals surface area contributed by atoms with E-state index in [9.17, 15) is 13.2 Å². The number of alkyl halides is 3. The monoisotopic (exact) mass is 409 g/mol. The molecule has 1 aliphatic rings. The molecule has 0 bridgehead atoms. The summed E-state index contributed by atoms with van der Waals surface area (Å²) in [6.07, 6.45) is 0.417. The average Bonchev–Trinajstić information content (AvgIpc) is 2.67. The Morgan fingerprint density at radius 1 is 1.10 bits per heavy atom. The van der Waals surface area contributed by atoms with Crippen LogP contribution in [0.3, 0.4) is 0 Å². The third kappa shape index (κ3) is 6.24. The maximum absolute atomic E-state index is 13.3. The zero-order valence-electron chi connectivity index (χ0n) is 16.6. The van der Waals surface area contributed by atoms with E-state index >= 15 is 0 Å². The molecule has 3 rings (SSSR count). The summed E-state index contributed by atoms with van der Waals surface area (Å²) in [5, 5.41) is 2.93. The molecule has 0 amide bonds. The smallest absolute Gasteiger partial charge is 0.423 e. The lowest BCUT2D eigenvalue weighted by molar-refractivity contribution is -0.140. The Hall–Kier alpha value is -2.51. The molecule has 1 saturated carbocycles. The van der Waals surface area contributed by atoms with Gasteiger partial charge in [0, 0.05) is 11.9 Å². The molecular formula is C21H26F3N3O2. The maximum Gasteiger partial charge on any atom is 0.423 e. The van der Waals surface area contributed by atoms with Crippen molar-refractivity contribution in [3.63, 3.8) is 0 Å². The predicted molar refractivity (Wildman–Crippen MR) is 105 cm³/mol.